The van der Waals surface area contributed by atoms with Crippen LogP contribution in [0.3, 0.4) is 0 Å². The summed E-state index contributed by atoms with van der Waals surface area (Å²) in [5, 5.41) is 0. The standard InChI is InChI=1S/C11H22N2O/c1-14-11(9-5-6-9)10(13-12)7-8-3-2-4-8/h8-11,13H,2-7,12H2,1H3. The highest BCUT2D eigenvalue weighted by Crippen LogP contribution is 2.38. The minimum atomic E-state index is 0.348. The van der Waals surface area contributed by atoms with Gasteiger partial charge in [0.25, 0.3) is 0 Å². The first-order valence-corrected chi connectivity index (χ1v) is 5.84. The highest BCUT2D eigenvalue weighted by molar-refractivity contribution is 4.91. The molecule has 0 heterocycles. The van der Waals surface area contributed by atoms with Crippen molar-refractivity contribution in [3.63, 3.8) is 0 Å². The van der Waals surface area contributed by atoms with Crippen molar-refractivity contribution >= 4 is 0 Å². The topological polar surface area (TPSA) is 47.3 Å². The Balaban J connectivity index is 1.81. The van der Waals surface area contributed by atoms with Crippen molar-refractivity contribution in [2.75, 3.05) is 7.11 Å². The van der Waals surface area contributed by atoms with Gasteiger partial charge in [-0.1, -0.05) is 19.3 Å². The van der Waals surface area contributed by atoms with Crippen molar-refractivity contribution in [2.45, 2.75) is 50.7 Å². The van der Waals surface area contributed by atoms with Gasteiger partial charge in [0.05, 0.1) is 6.10 Å². The van der Waals surface area contributed by atoms with Gasteiger partial charge in [-0.25, -0.2) is 0 Å². The summed E-state index contributed by atoms with van der Waals surface area (Å²) >= 11 is 0. The number of nitrogens with two attached hydrogens (primary N) is 1. The summed E-state index contributed by atoms with van der Waals surface area (Å²) in [5.74, 6) is 7.27. The quantitative estimate of drug-likeness (QED) is 0.501. The van der Waals surface area contributed by atoms with E-state index in [0.717, 1.165) is 11.8 Å². The van der Waals surface area contributed by atoms with Crippen molar-refractivity contribution in [3.8, 4) is 0 Å². The molecule has 2 fully saturated rings. The predicted octanol–water partition coefficient (Wildman–Crippen LogP) is 1.43. The van der Waals surface area contributed by atoms with Gasteiger partial charge in [-0.15, -0.1) is 0 Å². The Morgan fingerprint density at radius 1 is 1.36 bits per heavy atom. The summed E-state index contributed by atoms with van der Waals surface area (Å²) in [6.45, 7) is 0. The van der Waals surface area contributed by atoms with Crippen LogP contribution in [0.15, 0.2) is 0 Å². The summed E-state index contributed by atoms with van der Waals surface area (Å²) in [4.78, 5) is 0. The second-order valence-corrected chi connectivity index (χ2v) is 4.84. The summed E-state index contributed by atoms with van der Waals surface area (Å²) < 4.78 is 5.55. The van der Waals surface area contributed by atoms with Crippen molar-refractivity contribution in [1.82, 2.24) is 5.43 Å². The van der Waals surface area contributed by atoms with Gasteiger partial charge in [0, 0.05) is 13.2 Å². The average molecular weight is 198 g/mol. The molecule has 3 N–H and O–H groups in total. The first kappa shape index (κ1) is 10.4. The zero-order chi connectivity index (χ0) is 9.97. The normalized spacial score (nSPS) is 27.0. The van der Waals surface area contributed by atoms with Gasteiger partial charge in [-0.05, 0) is 31.1 Å². The van der Waals surface area contributed by atoms with Crippen LogP contribution < -0.4 is 11.3 Å². The van der Waals surface area contributed by atoms with Gasteiger partial charge in [0.1, 0.15) is 0 Å². The molecule has 0 aromatic heterocycles. The number of hydrazine groups is 1. The first-order chi connectivity index (χ1) is 6.85. The molecule has 2 aliphatic carbocycles. The molecule has 0 saturated heterocycles. The van der Waals surface area contributed by atoms with E-state index in [9.17, 15) is 0 Å². The summed E-state index contributed by atoms with van der Waals surface area (Å²) in [5.41, 5.74) is 2.95. The molecule has 0 aromatic rings. The lowest BCUT2D eigenvalue weighted by atomic mass is 9.79. The summed E-state index contributed by atoms with van der Waals surface area (Å²) in [6.07, 6.45) is 8.37. The van der Waals surface area contributed by atoms with Gasteiger partial charge in [-0.2, -0.15) is 0 Å². The Kier molecular flexibility index (Phi) is 3.42. The van der Waals surface area contributed by atoms with E-state index in [0.29, 0.717) is 12.1 Å². The van der Waals surface area contributed by atoms with Gasteiger partial charge in [0.2, 0.25) is 0 Å². The van der Waals surface area contributed by atoms with Crippen LogP contribution in [0.5, 0.6) is 0 Å². The van der Waals surface area contributed by atoms with Crippen LogP contribution in [-0.4, -0.2) is 19.3 Å². The molecule has 2 unspecified atom stereocenters. The van der Waals surface area contributed by atoms with Gasteiger partial charge in [0.15, 0.2) is 0 Å². The third-order valence-corrected chi connectivity index (χ3v) is 3.78. The zero-order valence-corrected chi connectivity index (χ0v) is 9.04. The lowest BCUT2D eigenvalue weighted by Crippen LogP contribution is -2.47. The Morgan fingerprint density at radius 3 is 2.43 bits per heavy atom. The molecular weight excluding hydrogens is 176 g/mol. The number of nitrogens with one attached hydrogen (secondary N) is 1. The predicted molar refractivity (Wildman–Crippen MR) is 56.6 cm³/mol. The van der Waals surface area contributed by atoms with Crippen molar-refractivity contribution in [3.05, 3.63) is 0 Å². The average Bonchev–Trinajstić information content (AvgIpc) is 2.92. The van der Waals surface area contributed by atoms with Crippen molar-refractivity contribution < 1.29 is 4.74 Å². The highest BCUT2D eigenvalue weighted by atomic mass is 16.5. The van der Waals surface area contributed by atoms with E-state index in [-0.39, 0.29) is 0 Å². The molecule has 2 aliphatic rings. The monoisotopic (exact) mass is 198 g/mol. The number of methoxy groups -OCH3 is 1. The van der Waals surface area contributed by atoms with Crippen LogP contribution >= 0.6 is 0 Å². The van der Waals surface area contributed by atoms with E-state index in [1.54, 1.807) is 0 Å². The van der Waals surface area contributed by atoms with Crippen LogP contribution in [0.2, 0.25) is 0 Å². The van der Waals surface area contributed by atoms with E-state index < -0.39 is 0 Å². The SMILES string of the molecule is COC(C1CC1)C(CC1CCC1)NN. The Bertz CT molecular complexity index is 178. The fourth-order valence-electron chi connectivity index (χ4n) is 2.49. The Morgan fingerprint density at radius 2 is 2.07 bits per heavy atom. The summed E-state index contributed by atoms with van der Waals surface area (Å²) in [7, 11) is 1.81. The first-order valence-electron chi connectivity index (χ1n) is 5.84. The number of hydrogen-bond donors (Lipinski definition) is 2. The van der Waals surface area contributed by atoms with E-state index in [4.69, 9.17) is 10.6 Å². The number of rotatable bonds is 6. The highest BCUT2D eigenvalue weighted by Gasteiger charge is 2.37. The van der Waals surface area contributed by atoms with Gasteiger partial charge in [-0.3, -0.25) is 11.3 Å². The Hall–Kier alpha value is -0.120. The maximum absolute atomic E-state index is 5.61. The molecule has 0 amide bonds. The number of ether oxygens (including phenoxy) is 1. The van der Waals surface area contributed by atoms with Crippen LogP contribution in [0, 0.1) is 11.8 Å². The third-order valence-electron chi connectivity index (χ3n) is 3.78. The molecule has 0 radical (unpaired) electrons. The second kappa shape index (κ2) is 4.60. The third kappa shape index (κ3) is 2.27. The number of hydrogen-bond acceptors (Lipinski definition) is 3. The minimum absolute atomic E-state index is 0.348. The second-order valence-electron chi connectivity index (χ2n) is 4.84. The molecule has 0 spiro atoms. The van der Waals surface area contributed by atoms with E-state index in [1.807, 2.05) is 7.11 Å². The molecule has 3 heteroatoms. The summed E-state index contributed by atoms with van der Waals surface area (Å²) in [6, 6.07) is 0.373. The molecule has 0 aliphatic heterocycles. The largest absolute Gasteiger partial charge is 0.379 e. The zero-order valence-electron chi connectivity index (χ0n) is 9.04. The maximum Gasteiger partial charge on any atom is 0.0765 e. The van der Waals surface area contributed by atoms with E-state index in [2.05, 4.69) is 5.43 Å². The molecule has 3 nitrogen and oxygen atoms in total. The lowest BCUT2D eigenvalue weighted by Gasteiger charge is -2.33. The molecule has 0 bridgehead atoms. The van der Waals surface area contributed by atoms with E-state index in [1.165, 1.54) is 38.5 Å². The van der Waals surface area contributed by atoms with Gasteiger partial charge >= 0.3 is 0 Å². The molecule has 0 aromatic carbocycles. The lowest BCUT2D eigenvalue weighted by molar-refractivity contribution is 0.0379. The fourth-order valence-corrected chi connectivity index (χ4v) is 2.49. The Labute approximate surface area is 86.4 Å². The smallest absolute Gasteiger partial charge is 0.0765 e. The van der Waals surface area contributed by atoms with Gasteiger partial charge < -0.3 is 4.74 Å². The van der Waals surface area contributed by atoms with Crippen molar-refractivity contribution in [1.29, 1.82) is 0 Å². The maximum atomic E-state index is 5.61. The molecule has 82 valence electrons. The van der Waals surface area contributed by atoms with Crippen LogP contribution in [0.4, 0.5) is 0 Å². The van der Waals surface area contributed by atoms with Crippen LogP contribution in [-0.2, 0) is 4.74 Å². The molecule has 2 saturated carbocycles. The molecule has 14 heavy (non-hydrogen) atoms. The molecular formula is C11H22N2O. The van der Waals surface area contributed by atoms with E-state index >= 15 is 0 Å². The van der Waals surface area contributed by atoms with Crippen LogP contribution in [0.25, 0.3) is 0 Å². The van der Waals surface area contributed by atoms with Crippen molar-refractivity contribution in [2.24, 2.45) is 17.7 Å². The van der Waals surface area contributed by atoms with Crippen LogP contribution in [0.1, 0.15) is 38.5 Å². The minimum Gasteiger partial charge on any atom is -0.379 e. The molecule has 2 atom stereocenters. The molecule has 2 rings (SSSR count). The fraction of sp³-hybridized carbons (Fsp3) is 1.00.